The van der Waals surface area contributed by atoms with Crippen molar-refractivity contribution in [3.05, 3.63) is 24.3 Å². The fourth-order valence-corrected chi connectivity index (χ4v) is 5.15. The first-order chi connectivity index (χ1) is 20.4. The van der Waals surface area contributed by atoms with E-state index in [1.54, 1.807) is 0 Å². The van der Waals surface area contributed by atoms with Crippen molar-refractivity contribution >= 4 is 13.8 Å². The van der Waals surface area contributed by atoms with Gasteiger partial charge in [0.05, 0.1) is 19.8 Å². The molecule has 42 heavy (non-hydrogen) atoms. The number of phosphoric ester groups is 1. The molecular weight excluding hydrogens is 553 g/mol. The number of unbranched alkanes of at least 4 members (excludes halogenated alkanes) is 15. The number of ether oxygens (including phenoxy) is 2. The molecule has 3 N–H and O–H groups in total. The zero-order chi connectivity index (χ0) is 31.0. The SMILES string of the molecule is CCC/C=C\C/C=C\CCCCCCCC(=O)OC(COCCCCCCCCCCCC)COP(=O)(O)OCCN. The van der Waals surface area contributed by atoms with Gasteiger partial charge in [-0.05, 0) is 38.5 Å². The summed E-state index contributed by atoms with van der Waals surface area (Å²) in [6.07, 6.45) is 30.4. The molecule has 0 bridgehead atoms. The molecular formula is C33H64NO7P. The zero-order valence-electron chi connectivity index (χ0n) is 27.0. The average molecular weight is 618 g/mol. The fraction of sp³-hybridized carbons (Fsp3) is 0.848. The van der Waals surface area contributed by atoms with Gasteiger partial charge in [-0.3, -0.25) is 13.8 Å². The van der Waals surface area contributed by atoms with E-state index in [-0.39, 0.29) is 32.3 Å². The molecule has 2 unspecified atom stereocenters. The van der Waals surface area contributed by atoms with E-state index in [4.69, 9.17) is 24.3 Å². The summed E-state index contributed by atoms with van der Waals surface area (Å²) < 4.78 is 33.1. The second kappa shape index (κ2) is 31.4. The molecule has 0 saturated carbocycles. The van der Waals surface area contributed by atoms with Crippen LogP contribution in [0.4, 0.5) is 0 Å². The predicted molar refractivity (Wildman–Crippen MR) is 173 cm³/mol. The molecule has 0 spiro atoms. The molecule has 248 valence electrons. The Kier molecular flexibility index (Phi) is 30.6. The van der Waals surface area contributed by atoms with E-state index < -0.39 is 13.9 Å². The van der Waals surface area contributed by atoms with Crippen LogP contribution in [-0.2, 0) is 27.9 Å². The van der Waals surface area contributed by atoms with Crippen molar-refractivity contribution in [2.75, 3.05) is 33.0 Å². The van der Waals surface area contributed by atoms with Crippen LogP contribution in [-0.4, -0.2) is 49.9 Å². The highest BCUT2D eigenvalue weighted by Crippen LogP contribution is 2.43. The first-order valence-electron chi connectivity index (χ1n) is 16.8. The van der Waals surface area contributed by atoms with Crippen LogP contribution in [0.5, 0.6) is 0 Å². The highest BCUT2D eigenvalue weighted by atomic mass is 31.2. The van der Waals surface area contributed by atoms with Gasteiger partial charge >= 0.3 is 13.8 Å². The van der Waals surface area contributed by atoms with Crippen molar-refractivity contribution in [1.82, 2.24) is 0 Å². The number of hydrogen-bond donors (Lipinski definition) is 2. The second-order valence-electron chi connectivity index (χ2n) is 11.0. The minimum absolute atomic E-state index is 0.0971. The van der Waals surface area contributed by atoms with Crippen LogP contribution in [0.15, 0.2) is 24.3 Å². The maximum absolute atomic E-state index is 12.4. The van der Waals surface area contributed by atoms with Crippen molar-refractivity contribution in [2.24, 2.45) is 5.73 Å². The van der Waals surface area contributed by atoms with Gasteiger partial charge in [0.2, 0.25) is 0 Å². The van der Waals surface area contributed by atoms with Gasteiger partial charge in [-0.2, -0.15) is 0 Å². The Morgan fingerprint density at radius 3 is 1.95 bits per heavy atom. The normalized spacial score (nSPS) is 14.1. The first-order valence-corrected chi connectivity index (χ1v) is 18.3. The highest BCUT2D eigenvalue weighted by molar-refractivity contribution is 7.47. The number of nitrogens with two attached hydrogens (primary N) is 1. The van der Waals surface area contributed by atoms with Crippen molar-refractivity contribution in [2.45, 2.75) is 148 Å². The Hall–Kier alpha value is -1.02. The first kappa shape index (κ1) is 41.0. The molecule has 0 rings (SSSR count). The highest BCUT2D eigenvalue weighted by Gasteiger charge is 2.25. The second-order valence-corrected chi connectivity index (χ2v) is 12.5. The summed E-state index contributed by atoms with van der Waals surface area (Å²) in [6.45, 7) is 4.82. The molecule has 2 atom stereocenters. The summed E-state index contributed by atoms with van der Waals surface area (Å²) in [5, 5.41) is 0. The Morgan fingerprint density at radius 1 is 0.714 bits per heavy atom. The largest absolute Gasteiger partial charge is 0.472 e. The molecule has 0 radical (unpaired) electrons. The topological polar surface area (TPSA) is 117 Å². The van der Waals surface area contributed by atoms with Gasteiger partial charge in [0.15, 0.2) is 0 Å². The van der Waals surface area contributed by atoms with Gasteiger partial charge in [-0.1, -0.05) is 122 Å². The third-order valence-corrected chi connectivity index (χ3v) is 7.84. The van der Waals surface area contributed by atoms with E-state index in [9.17, 15) is 14.3 Å². The van der Waals surface area contributed by atoms with E-state index >= 15 is 0 Å². The summed E-state index contributed by atoms with van der Waals surface area (Å²) in [5.41, 5.74) is 5.33. The van der Waals surface area contributed by atoms with Gasteiger partial charge in [0.1, 0.15) is 6.10 Å². The lowest BCUT2D eigenvalue weighted by Gasteiger charge is -2.20. The number of phosphoric acid groups is 1. The van der Waals surface area contributed by atoms with E-state index in [1.807, 2.05) is 0 Å². The van der Waals surface area contributed by atoms with Gasteiger partial charge in [0.25, 0.3) is 0 Å². The summed E-state index contributed by atoms with van der Waals surface area (Å²) in [4.78, 5) is 22.2. The maximum atomic E-state index is 12.4. The Labute approximate surface area is 257 Å². The lowest BCUT2D eigenvalue weighted by atomic mass is 10.1. The van der Waals surface area contributed by atoms with Crippen molar-refractivity contribution in [3.63, 3.8) is 0 Å². The zero-order valence-corrected chi connectivity index (χ0v) is 27.9. The molecule has 0 aromatic heterocycles. The molecule has 0 aliphatic rings. The van der Waals surface area contributed by atoms with Gasteiger partial charge in [0, 0.05) is 19.6 Å². The smallest absolute Gasteiger partial charge is 0.457 e. The monoisotopic (exact) mass is 617 g/mol. The molecule has 0 saturated heterocycles. The molecule has 0 aromatic rings. The van der Waals surface area contributed by atoms with Crippen molar-refractivity contribution in [1.29, 1.82) is 0 Å². The Bertz CT molecular complexity index is 702. The molecule has 0 amide bonds. The van der Waals surface area contributed by atoms with Crippen LogP contribution in [0.1, 0.15) is 142 Å². The molecule has 9 heteroatoms. The summed E-state index contributed by atoms with van der Waals surface area (Å²) >= 11 is 0. The average Bonchev–Trinajstić information content (AvgIpc) is 2.97. The summed E-state index contributed by atoms with van der Waals surface area (Å²) in [5.74, 6) is -0.346. The number of allylic oxidation sites excluding steroid dienone is 4. The molecule has 0 aromatic carbocycles. The lowest BCUT2D eigenvalue weighted by molar-refractivity contribution is -0.154. The molecule has 0 fully saturated rings. The number of hydrogen-bond acceptors (Lipinski definition) is 7. The van der Waals surface area contributed by atoms with Crippen LogP contribution in [0.3, 0.4) is 0 Å². The van der Waals surface area contributed by atoms with Crippen LogP contribution < -0.4 is 5.73 Å². The third-order valence-electron chi connectivity index (χ3n) is 6.85. The predicted octanol–water partition coefficient (Wildman–Crippen LogP) is 8.96. The van der Waals surface area contributed by atoms with E-state index in [0.717, 1.165) is 64.2 Å². The van der Waals surface area contributed by atoms with E-state index in [0.29, 0.717) is 13.0 Å². The van der Waals surface area contributed by atoms with Crippen LogP contribution >= 0.6 is 7.82 Å². The molecule has 8 nitrogen and oxygen atoms in total. The van der Waals surface area contributed by atoms with Crippen molar-refractivity contribution in [3.8, 4) is 0 Å². The van der Waals surface area contributed by atoms with Crippen LogP contribution in [0.2, 0.25) is 0 Å². The number of carbonyl (C=O) groups excluding carboxylic acids is 1. The quantitative estimate of drug-likeness (QED) is 0.0332. The molecule has 0 heterocycles. The molecule has 0 aliphatic heterocycles. The Balaban J connectivity index is 4.17. The lowest BCUT2D eigenvalue weighted by Crippen LogP contribution is -2.28. The minimum atomic E-state index is -4.26. The van der Waals surface area contributed by atoms with Gasteiger partial charge < -0.3 is 20.1 Å². The minimum Gasteiger partial charge on any atom is -0.457 e. The summed E-state index contributed by atoms with van der Waals surface area (Å²) in [7, 11) is -4.26. The Morgan fingerprint density at radius 2 is 1.31 bits per heavy atom. The van der Waals surface area contributed by atoms with Crippen LogP contribution in [0.25, 0.3) is 0 Å². The third kappa shape index (κ3) is 30.4. The summed E-state index contributed by atoms with van der Waals surface area (Å²) in [6, 6.07) is 0. The fourth-order valence-electron chi connectivity index (χ4n) is 4.39. The van der Waals surface area contributed by atoms with Gasteiger partial charge in [-0.25, -0.2) is 4.57 Å². The van der Waals surface area contributed by atoms with Crippen LogP contribution in [0, 0.1) is 0 Å². The van der Waals surface area contributed by atoms with E-state index in [1.165, 1.54) is 57.8 Å². The number of esters is 1. The standard InChI is InChI=1S/C33H64NO7P/c1-3-5-7-9-11-13-15-16-17-18-20-22-24-26-33(35)41-32(31-40-42(36,37)39-29-27-34)30-38-28-25-23-21-19-14-12-10-8-6-4-2/h7,9,13,15,32H,3-6,8,10-12,14,16-31,34H2,1-2H3,(H,36,37)/b9-7-,15-13-. The van der Waals surface area contributed by atoms with Gasteiger partial charge in [-0.15, -0.1) is 0 Å². The van der Waals surface area contributed by atoms with Crippen molar-refractivity contribution < 1.29 is 32.8 Å². The molecule has 0 aliphatic carbocycles. The van der Waals surface area contributed by atoms with E-state index in [2.05, 4.69) is 38.2 Å². The number of rotatable bonds is 32. The number of carbonyl (C=O) groups is 1. The maximum Gasteiger partial charge on any atom is 0.472 e.